The van der Waals surface area contributed by atoms with Gasteiger partial charge in [-0.15, -0.1) is 34.8 Å². The summed E-state index contributed by atoms with van der Waals surface area (Å²) >= 11 is 17.3. The summed E-state index contributed by atoms with van der Waals surface area (Å²) in [6, 6.07) is 0. The van der Waals surface area contributed by atoms with Gasteiger partial charge in [-0.1, -0.05) is 13.2 Å². The summed E-state index contributed by atoms with van der Waals surface area (Å²) < 4.78 is 39.1. The first-order valence-corrected chi connectivity index (χ1v) is 11.5. The van der Waals surface area contributed by atoms with Crippen molar-refractivity contribution in [2.45, 2.75) is 39.1 Å². The summed E-state index contributed by atoms with van der Waals surface area (Å²) in [4.78, 5) is 23.1. The van der Waals surface area contributed by atoms with Crippen LogP contribution in [0.4, 0.5) is 0 Å². The zero-order valence-corrected chi connectivity index (χ0v) is 19.7. The van der Waals surface area contributed by atoms with Crippen LogP contribution in [0.25, 0.3) is 0 Å². The van der Waals surface area contributed by atoms with Gasteiger partial charge in [0.2, 0.25) is 0 Å². The Kier molecular flexibility index (Phi) is 14.1. The summed E-state index contributed by atoms with van der Waals surface area (Å²) in [6.45, 7) is 10.7. The van der Waals surface area contributed by atoms with Crippen LogP contribution in [0.1, 0.15) is 20.8 Å². The van der Waals surface area contributed by atoms with E-state index < -0.39 is 38.1 Å². The molecule has 0 saturated heterocycles. The Morgan fingerprint density at radius 3 is 1.48 bits per heavy atom. The van der Waals surface area contributed by atoms with Gasteiger partial charge in [0, 0.05) is 17.0 Å². The number of ether oxygens (including phenoxy) is 2. The molecule has 0 aliphatic heterocycles. The van der Waals surface area contributed by atoms with Crippen molar-refractivity contribution in [1.82, 2.24) is 0 Å². The van der Waals surface area contributed by atoms with Crippen molar-refractivity contribution in [2.75, 3.05) is 30.9 Å². The Morgan fingerprint density at radius 2 is 1.21 bits per heavy atom. The van der Waals surface area contributed by atoms with Gasteiger partial charge in [-0.05, 0) is 20.8 Å². The number of carbonyl (C=O) groups excluding carboxylic acids is 2. The number of carbonyl (C=O) groups is 2. The fourth-order valence-corrected chi connectivity index (χ4v) is 3.77. The lowest BCUT2D eigenvalue weighted by molar-refractivity contribution is -0.141. The second-order valence-electron chi connectivity index (χ2n) is 6.04. The van der Waals surface area contributed by atoms with E-state index in [-0.39, 0.29) is 42.0 Å². The molecule has 0 aliphatic carbocycles. The lowest BCUT2D eigenvalue weighted by Crippen LogP contribution is -2.28. The van der Waals surface area contributed by atoms with Crippen LogP contribution in [0.2, 0.25) is 0 Å². The van der Waals surface area contributed by atoms with Gasteiger partial charge < -0.3 is 9.47 Å². The average molecular weight is 496 g/mol. The maximum atomic E-state index is 13.1. The highest BCUT2D eigenvalue weighted by Crippen LogP contribution is 2.53. The largest absolute Gasteiger partial charge is 0.475 e. The van der Waals surface area contributed by atoms with Crippen molar-refractivity contribution in [3.63, 3.8) is 0 Å². The van der Waals surface area contributed by atoms with E-state index in [0.717, 1.165) is 0 Å². The molecule has 0 radical (unpaired) electrons. The molecule has 0 aliphatic rings. The molecule has 0 spiro atoms. The zero-order valence-electron chi connectivity index (χ0n) is 16.5. The topological polar surface area (TPSA) is 97.4 Å². The fourth-order valence-electron chi connectivity index (χ4n) is 1.48. The maximum Gasteiger partial charge on any atom is 0.475 e. The molecule has 3 unspecified atom stereocenters. The maximum absolute atomic E-state index is 13.1. The number of hydrogen-bond donors (Lipinski definition) is 0. The third kappa shape index (κ3) is 12.0. The molecule has 0 amide bonds. The van der Waals surface area contributed by atoms with E-state index in [4.69, 9.17) is 57.8 Å². The molecular weight excluding hydrogens is 470 g/mol. The second-order valence-corrected chi connectivity index (χ2v) is 8.49. The Morgan fingerprint density at radius 1 is 0.828 bits per heavy atom. The SMILES string of the molecule is C=C(C)C(=O)OCC(CCl)OP(=O)(OC(C)CCl)OC(CCl)COC(=O)C(=C)C. The Bertz CT molecular complexity index is 584. The first-order chi connectivity index (χ1) is 13.5. The molecule has 168 valence electrons. The molecule has 0 rings (SSSR count). The van der Waals surface area contributed by atoms with Crippen LogP contribution in [-0.4, -0.2) is 61.1 Å². The summed E-state index contributed by atoms with van der Waals surface area (Å²) in [7, 11) is -4.29. The predicted molar refractivity (Wildman–Crippen MR) is 112 cm³/mol. The van der Waals surface area contributed by atoms with E-state index in [9.17, 15) is 14.2 Å². The van der Waals surface area contributed by atoms with Gasteiger partial charge >= 0.3 is 19.8 Å². The molecule has 0 aromatic carbocycles. The summed E-state index contributed by atoms with van der Waals surface area (Å²) in [6.07, 6.45) is -2.77. The zero-order chi connectivity index (χ0) is 22.6. The molecule has 3 atom stereocenters. The molecule has 12 heteroatoms. The number of phosphoric acid groups is 1. The van der Waals surface area contributed by atoms with Gasteiger partial charge in [0.1, 0.15) is 25.4 Å². The first-order valence-electron chi connectivity index (χ1n) is 8.46. The van der Waals surface area contributed by atoms with Crippen LogP contribution < -0.4 is 0 Å². The number of esters is 2. The van der Waals surface area contributed by atoms with Gasteiger partial charge in [-0.3, -0.25) is 13.6 Å². The van der Waals surface area contributed by atoms with E-state index in [1.54, 1.807) is 6.92 Å². The molecule has 29 heavy (non-hydrogen) atoms. The van der Waals surface area contributed by atoms with Crippen molar-refractivity contribution >= 4 is 54.6 Å². The van der Waals surface area contributed by atoms with Crippen LogP contribution in [-0.2, 0) is 37.2 Å². The summed E-state index contributed by atoms with van der Waals surface area (Å²) in [5.74, 6) is -1.72. The van der Waals surface area contributed by atoms with Crippen LogP contribution >= 0.6 is 42.6 Å². The highest BCUT2D eigenvalue weighted by Gasteiger charge is 2.36. The molecule has 0 bridgehead atoms. The molecule has 0 aromatic rings. The normalized spacial score (nSPS) is 16.2. The van der Waals surface area contributed by atoms with Crippen molar-refractivity contribution in [3.05, 3.63) is 24.3 Å². The summed E-state index contributed by atoms with van der Waals surface area (Å²) in [5.41, 5.74) is 0.345. The highest BCUT2D eigenvalue weighted by atomic mass is 35.5. The van der Waals surface area contributed by atoms with E-state index in [1.165, 1.54) is 13.8 Å². The van der Waals surface area contributed by atoms with Gasteiger partial charge in [0.05, 0.1) is 17.9 Å². The van der Waals surface area contributed by atoms with Crippen molar-refractivity contribution in [1.29, 1.82) is 0 Å². The van der Waals surface area contributed by atoms with Gasteiger partial charge in [-0.2, -0.15) is 0 Å². The van der Waals surface area contributed by atoms with Crippen molar-refractivity contribution in [2.24, 2.45) is 0 Å². The molecule has 8 nitrogen and oxygen atoms in total. The standard InChI is InChI=1S/C17H26Cl3O8P/c1-11(2)16(21)24-9-14(7-19)27-29(23,26-13(5)6-18)28-15(8-20)10-25-17(22)12(3)4/h13-15H,1,3,6-10H2,2,4-5H3. The molecule has 0 fully saturated rings. The monoisotopic (exact) mass is 494 g/mol. The highest BCUT2D eigenvalue weighted by molar-refractivity contribution is 7.48. The number of halogens is 3. The van der Waals surface area contributed by atoms with E-state index >= 15 is 0 Å². The number of alkyl halides is 3. The minimum atomic E-state index is -4.29. The lowest BCUT2D eigenvalue weighted by atomic mass is 10.3. The fraction of sp³-hybridized carbons (Fsp3) is 0.647. The molecule has 0 N–H and O–H groups in total. The van der Waals surface area contributed by atoms with E-state index in [2.05, 4.69) is 13.2 Å². The average Bonchev–Trinajstić information content (AvgIpc) is 2.67. The van der Waals surface area contributed by atoms with Crippen molar-refractivity contribution in [3.8, 4) is 0 Å². The predicted octanol–water partition coefficient (Wildman–Crippen LogP) is 4.23. The molecular formula is C17H26Cl3O8P. The van der Waals surface area contributed by atoms with Gasteiger partial charge in [0.25, 0.3) is 0 Å². The van der Waals surface area contributed by atoms with E-state index in [0.29, 0.717) is 0 Å². The van der Waals surface area contributed by atoms with Gasteiger partial charge in [0.15, 0.2) is 0 Å². The minimum absolute atomic E-state index is 0.0108. The third-order valence-electron chi connectivity index (χ3n) is 2.92. The Hall–Kier alpha value is -0.600. The van der Waals surface area contributed by atoms with Crippen molar-refractivity contribution < 1.29 is 37.2 Å². The summed E-state index contributed by atoms with van der Waals surface area (Å²) in [5, 5.41) is 0. The Labute approximate surface area is 186 Å². The third-order valence-corrected chi connectivity index (χ3v) is 5.78. The van der Waals surface area contributed by atoms with Crippen LogP contribution in [0.3, 0.4) is 0 Å². The first kappa shape index (κ1) is 28.4. The Balaban J connectivity index is 5.23. The van der Waals surface area contributed by atoms with Crippen LogP contribution in [0, 0.1) is 0 Å². The van der Waals surface area contributed by atoms with Crippen LogP contribution in [0.5, 0.6) is 0 Å². The smallest absolute Gasteiger partial charge is 0.460 e. The molecule has 0 saturated carbocycles. The van der Waals surface area contributed by atoms with Crippen LogP contribution in [0.15, 0.2) is 24.3 Å². The molecule has 0 aromatic heterocycles. The lowest BCUT2D eigenvalue weighted by Gasteiger charge is -2.27. The quantitative estimate of drug-likeness (QED) is 0.144. The van der Waals surface area contributed by atoms with Gasteiger partial charge in [-0.25, -0.2) is 14.2 Å². The minimum Gasteiger partial charge on any atom is -0.460 e. The number of hydrogen-bond acceptors (Lipinski definition) is 8. The second kappa shape index (κ2) is 14.4. The number of phosphoric ester groups is 1. The number of rotatable bonds is 15. The van der Waals surface area contributed by atoms with E-state index in [1.807, 2.05) is 0 Å². The molecule has 0 heterocycles.